The number of carbonyl (C=O) groups is 4. The normalized spacial score (nSPS) is 15.6. The van der Waals surface area contributed by atoms with Crippen LogP contribution in [0.4, 0.5) is 4.79 Å². The third kappa shape index (κ3) is 40.5. The fraction of sp³-hybridized carbons (Fsp3) is 0.818. The summed E-state index contributed by atoms with van der Waals surface area (Å²) in [6, 6.07) is 4.82. The van der Waals surface area contributed by atoms with Crippen molar-refractivity contribution in [2.24, 2.45) is 0 Å². The van der Waals surface area contributed by atoms with Gasteiger partial charge in [-0.25, -0.2) is 4.79 Å². The summed E-state index contributed by atoms with van der Waals surface area (Å²) in [4.78, 5) is 47.8. The second kappa shape index (κ2) is 52.8. The van der Waals surface area contributed by atoms with Crippen LogP contribution in [0, 0.1) is 0 Å². The van der Waals surface area contributed by atoms with E-state index in [4.69, 9.17) is 75.8 Å². The molecule has 5 amide bonds. The smallest absolute Gasteiger partial charge is 0.315 e. The fourth-order valence-electron chi connectivity index (χ4n) is 7.64. The van der Waals surface area contributed by atoms with Crippen molar-refractivity contribution in [3.8, 4) is 11.5 Å². The third-order valence-electron chi connectivity index (χ3n) is 11.9. The van der Waals surface area contributed by atoms with Crippen LogP contribution in [0.2, 0.25) is 0 Å². The van der Waals surface area contributed by atoms with Crippen molar-refractivity contribution in [1.82, 2.24) is 26.6 Å². The van der Waals surface area contributed by atoms with Crippen LogP contribution in [-0.2, 0) is 80.6 Å². The maximum Gasteiger partial charge on any atom is 0.315 e. The van der Waals surface area contributed by atoms with Gasteiger partial charge in [0, 0.05) is 62.3 Å². The van der Waals surface area contributed by atoms with Crippen molar-refractivity contribution in [3.05, 3.63) is 23.8 Å². The number of thioether (sulfide) groups is 1. The van der Waals surface area contributed by atoms with Crippen LogP contribution >= 0.6 is 11.8 Å². The summed E-state index contributed by atoms with van der Waals surface area (Å²) in [6.07, 6.45) is 4.91. The van der Waals surface area contributed by atoms with Crippen molar-refractivity contribution in [1.29, 1.82) is 0 Å². The van der Waals surface area contributed by atoms with E-state index in [0.717, 1.165) is 25.0 Å². The lowest BCUT2D eigenvalue weighted by atomic mass is 10.0. The number of phenols is 1. The molecule has 0 aromatic heterocycles. The molecule has 3 rings (SSSR count). The monoisotopic (exact) mass is 1200 g/mol. The van der Waals surface area contributed by atoms with E-state index in [1.54, 1.807) is 0 Å². The van der Waals surface area contributed by atoms with Gasteiger partial charge in [0.05, 0.1) is 204 Å². The van der Waals surface area contributed by atoms with E-state index < -0.39 is 0 Å². The molecule has 0 bridgehead atoms. The van der Waals surface area contributed by atoms with Gasteiger partial charge in [0.2, 0.25) is 11.8 Å². The summed E-state index contributed by atoms with van der Waals surface area (Å²) in [7, 11) is 1.43. The molecule has 82 heavy (non-hydrogen) atoms. The number of rotatable bonds is 60. The van der Waals surface area contributed by atoms with Gasteiger partial charge in [0.15, 0.2) is 11.5 Å². The van der Waals surface area contributed by atoms with E-state index in [1.165, 1.54) is 25.3 Å². The van der Waals surface area contributed by atoms with Gasteiger partial charge >= 0.3 is 6.03 Å². The van der Waals surface area contributed by atoms with Crippen LogP contribution in [0.5, 0.6) is 11.5 Å². The van der Waals surface area contributed by atoms with E-state index in [-0.39, 0.29) is 53.8 Å². The Hall–Kier alpha value is -3.75. The molecule has 2 fully saturated rings. The summed E-state index contributed by atoms with van der Waals surface area (Å²) in [5.74, 6) is 0.879. The molecule has 26 nitrogen and oxygen atoms in total. The van der Waals surface area contributed by atoms with Gasteiger partial charge in [-0.1, -0.05) is 6.42 Å². The number of fused-ring (bicyclic) bond motifs is 1. The Balaban J connectivity index is 0.871. The molecule has 1 aromatic rings. The van der Waals surface area contributed by atoms with Crippen LogP contribution in [0.15, 0.2) is 18.2 Å². The predicted molar refractivity (Wildman–Crippen MR) is 303 cm³/mol. The number of amides is 5. The molecule has 0 saturated carbocycles. The highest BCUT2D eigenvalue weighted by molar-refractivity contribution is 8.00. The third-order valence-corrected chi connectivity index (χ3v) is 13.4. The molecule has 2 heterocycles. The second-order valence-corrected chi connectivity index (χ2v) is 19.6. The first kappa shape index (κ1) is 72.5. The molecular formula is C55H97N5O21S. The molecule has 3 unspecified atom stereocenters. The Labute approximate surface area is 488 Å². The van der Waals surface area contributed by atoms with Crippen LogP contribution < -0.4 is 31.3 Å². The van der Waals surface area contributed by atoms with Crippen LogP contribution in [0.3, 0.4) is 0 Å². The number of ether oxygens (including phenoxy) is 16. The first-order chi connectivity index (χ1) is 40.4. The minimum Gasteiger partial charge on any atom is -0.504 e. The number of urea groups is 1. The van der Waals surface area contributed by atoms with Gasteiger partial charge < -0.3 is 107 Å². The minimum atomic E-state index is -0.252. The van der Waals surface area contributed by atoms with Gasteiger partial charge in [-0.15, -0.1) is 0 Å². The average Bonchev–Trinajstić information content (AvgIpc) is 4.11. The highest BCUT2D eigenvalue weighted by Gasteiger charge is 2.42. The number of methoxy groups -OCH3 is 1. The number of nitrogens with one attached hydrogen (secondary N) is 5. The van der Waals surface area contributed by atoms with Gasteiger partial charge in [-0.05, 0) is 43.9 Å². The molecule has 0 radical (unpaired) electrons. The van der Waals surface area contributed by atoms with E-state index >= 15 is 0 Å². The molecule has 2 aliphatic rings. The number of hydrogen-bond acceptors (Lipinski definition) is 22. The van der Waals surface area contributed by atoms with Gasteiger partial charge in [0.25, 0.3) is 5.91 Å². The molecule has 27 heteroatoms. The molecule has 2 saturated heterocycles. The number of aromatic hydroxyl groups is 1. The van der Waals surface area contributed by atoms with Crippen LogP contribution in [0.1, 0.15) is 55.3 Å². The Morgan fingerprint density at radius 2 is 0.866 bits per heavy atom. The SMILES string of the molecule is COc1cc(C(=O)NCCCOCCOCCOCCCNC(=O)CCOCCOCCOCCOCCOCCOCCOCCOCCOCCOCCOCCOCCNC(=O)CCCCC2SCC3NC(=O)NC32)ccc1O. The minimum absolute atomic E-state index is 0.0215. The lowest BCUT2D eigenvalue weighted by molar-refractivity contribution is -0.122. The summed E-state index contributed by atoms with van der Waals surface area (Å²) < 4.78 is 87.8. The van der Waals surface area contributed by atoms with E-state index in [1.807, 2.05) is 11.8 Å². The van der Waals surface area contributed by atoms with E-state index in [0.29, 0.717) is 248 Å². The topological polar surface area (TPSA) is 296 Å². The lowest BCUT2D eigenvalue weighted by Crippen LogP contribution is -2.36. The van der Waals surface area contributed by atoms with Crippen molar-refractivity contribution < 1.29 is 100 Å². The van der Waals surface area contributed by atoms with Crippen LogP contribution in [0.25, 0.3) is 0 Å². The summed E-state index contributed by atoms with van der Waals surface area (Å²) in [6.45, 7) is 15.0. The quantitative estimate of drug-likeness (QED) is 0.0398. The van der Waals surface area contributed by atoms with Crippen molar-refractivity contribution >= 4 is 35.5 Å². The maximum atomic E-state index is 12.2. The zero-order valence-corrected chi connectivity index (χ0v) is 49.3. The summed E-state index contributed by atoms with van der Waals surface area (Å²) >= 11 is 1.90. The molecule has 474 valence electrons. The van der Waals surface area contributed by atoms with Crippen molar-refractivity contribution in [3.63, 3.8) is 0 Å². The largest absolute Gasteiger partial charge is 0.504 e. The predicted octanol–water partition coefficient (Wildman–Crippen LogP) is 1.51. The average molecular weight is 1200 g/mol. The second-order valence-electron chi connectivity index (χ2n) is 18.4. The number of carbonyl (C=O) groups excluding carboxylic acids is 4. The first-order valence-corrected chi connectivity index (χ1v) is 30.0. The fourth-order valence-corrected chi connectivity index (χ4v) is 9.18. The van der Waals surface area contributed by atoms with Gasteiger partial charge in [0.1, 0.15) is 0 Å². The van der Waals surface area contributed by atoms with Crippen LogP contribution in [-0.4, -0.2) is 277 Å². The zero-order valence-electron chi connectivity index (χ0n) is 48.5. The maximum absolute atomic E-state index is 12.2. The van der Waals surface area contributed by atoms with Gasteiger partial charge in [-0.2, -0.15) is 11.8 Å². The molecule has 1 aromatic carbocycles. The van der Waals surface area contributed by atoms with Crippen molar-refractivity contribution in [2.45, 2.75) is 62.3 Å². The Morgan fingerprint density at radius 3 is 1.32 bits per heavy atom. The molecule has 2 aliphatic heterocycles. The molecule has 0 aliphatic carbocycles. The van der Waals surface area contributed by atoms with E-state index in [9.17, 15) is 24.3 Å². The standard InChI is InChI=1S/C55H97N5O21S/c1-66-49-44-46(8-9-48(49)61)54(64)58-12-5-15-68-19-23-71-22-18-67-14-4-11-56-52(63)10-16-69-20-24-72-26-28-74-30-32-76-34-36-78-38-40-80-42-43-81-41-39-79-37-35-77-33-31-75-29-27-73-25-21-70-17-13-57-51(62)7-3-2-6-50-53-47(45-82-50)59-55(65)60-53/h8-9,44,47,50,53,61H,2-7,10-43,45H2,1H3,(H,56,63)(H,57,62)(H,58,64)(H2,59,60,65). The van der Waals surface area contributed by atoms with E-state index in [2.05, 4.69) is 26.6 Å². The highest BCUT2D eigenvalue weighted by Crippen LogP contribution is 2.33. The summed E-state index contributed by atoms with van der Waals surface area (Å²) in [5, 5.41) is 24.6. The highest BCUT2D eigenvalue weighted by atomic mass is 32.2. The number of hydrogen-bond donors (Lipinski definition) is 6. The zero-order chi connectivity index (χ0) is 58.4. The Bertz CT molecular complexity index is 1740. The molecule has 6 N–H and O–H groups in total. The molecule has 3 atom stereocenters. The number of unbranched alkanes of at least 4 members (excludes halogenated alkanes) is 1. The van der Waals surface area contributed by atoms with Crippen molar-refractivity contribution in [2.75, 3.05) is 231 Å². The lowest BCUT2D eigenvalue weighted by Gasteiger charge is -2.16. The number of phenolic OH excluding ortho intramolecular Hbond substituents is 1. The summed E-state index contributed by atoms with van der Waals surface area (Å²) in [5.41, 5.74) is 0.404. The Morgan fingerprint density at radius 1 is 0.476 bits per heavy atom. The molecular weight excluding hydrogens is 1100 g/mol. The first-order valence-electron chi connectivity index (χ1n) is 28.9. The number of benzene rings is 1. The Kier molecular flexibility index (Phi) is 46.7. The van der Waals surface area contributed by atoms with Gasteiger partial charge in [-0.3, -0.25) is 14.4 Å². The molecule has 0 spiro atoms.